The molecule has 1 amide bonds. The Bertz CT molecular complexity index is 913. The van der Waals surface area contributed by atoms with E-state index in [-0.39, 0.29) is 11.9 Å². The Balaban J connectivity index is 1.76. The topological polar surface area (TPSA) is 56.2 Å². The molecule has 1 heterocycles. The number of nitrogens with one attached hydrogen (secondary N) is 1. The van der Waals surface area contributed by atoms with Crippen LogP contribution < -0.4 is 10.1 Å². The Hall–Kier alpha value is -2.82. The molecule has 0 radical (unpaired) electrons. The lowest BCUT2D eigenvalue weighted by Gasteiger charge is -2.16. The zero-order valence-electron chi connectivity index (χ0n) is 16.4. The lowest BCUT2D eigenvalue weighted by Crippen LogP contribution is -2.27. The third-order valence-electron chi connectivity index (χ3n) is 4.62. The van der Waals surface area contributed by atoms with Gasteiger partial charge in [-0.25, -0.2) is 4.98 Å². The Kier molecular flexibility index (Phi) is 5.79. The first-order valence-electron chi connectivity index (χ1n) is 9.40. The SMILES string of the molecule is CC(=O)NC(C)c1nc2ccccc2n1CCOc1ccc(C(C)C)cc1. The van der Waals surface area contributed by atoms with E-state index in [9.17, 15) is 4.79 Å². The van der Waals surface area contributed by atoms with Crippen LogP contribution in [0.1, 0.15) is 51.0 Å². The molecule has 2 aromatic carbocycles. The third-order valence-corrected chi connectivity index (χ3v) is 4.62. The van der Waals surface area contributed by atoms with Crippen molar-refractivity contribution in [2.45, 2.75) is 46.2 Å². The van der Waals surface area contributed by atoms with Gasteiger partial charge in [-0.2, -0.15) is 0 Å². The van der Waals surface area contributed by atoms with Gasteiger partial charge in [0.25, 0.3) is 0 Å². The Morgan fingerprint density at radius 2 is 1.81 bits per heavy atom. The molecule has 3 rings (SSSR count). The van der Waals surface area contributed by atoms with E-state index in [4.69, 9.17) is 9.72 Å². The molecule has 27 heavy (non-hydrogen) atoms. The van der Waals surface area contributed by atoms with E-state index in [1.54, 1.807) is 0 Å². The van der Waals surface area contributed by atoms with E-state index in [0.29, 0.717) is 19.1 Å². The number of ether oxygens (including phenoxy) is 1. The summed E-state index contributed by atoms with van der Waals surface area (Å²) >= 11 is 0. The third kappa shape index (κ3) is 4.48. The molecular weight excluding hydrogens is 338 g/mol. The van der Waals surface area contributed by atoms with Crippen LogP contribution in [0.3, 0.4) is 0 Å². The quantitative estimate of drug-likeness (QED) is 0.674. The van der Waals surface area contributed by atoms with Crippen molar-refractivity contribution in [1.82, 2.24) is 14.9 Å². The summed E-state index contributed by atoms with van der Waals surface area (Å²) in [5.41, 5.74) is 3.27. The van der Waals surface area contributed by atoms with Crippen molar-refractivity contribution in [2.24, 2.45) is 0 Å². The highest BCUT2D eigenvalue weighted by atomic mass is 16.5. The summed E-state index contributed by atoms with van der Waals surface area (Å²) in [6.45, 7) is 9.01. The van der Waals surface area contributed by atoms with Gasteiger partial charge in [-0.05, 0) is 42.7 Å². The van der Waals surface area contributed by atoms with Crippen LogP contribution in [0, 0.1) is 0 Å². The average molecular weight is 365 g/mol. The van der Waals surface area contributed by atoms with Crippen LogP contribution in [-0.4, -0.2) is 22.1 Å². The van der Waals surface area contributed by atoms with E-state index in [1.165, 1.54) is 12.5 Å². The molecule has 0 spiro atoms. The zero-order valence-corrected chi connectivity index (χ0v) is 16.4. The maximum atomic E-state index is 11.5. The fourth-order valence-corrected chi connectivity index (χ4v) is 3.23. The number of hydrogen-bond donors (Lipinski definition) is 1. The number of rotatable bonds is 7. The second kappa shape index (κ2) is 8.25. The summed E-state index contributed by atoms with van der Waals surface area (Å²) in [5, 5.41) is 2.92. The summed E-state index contributed by atoms with van der Waals surface area (Å²) in [5.74, 6) is 2.14. The number of nitrogens with zero attached hydrogens (tertiary/aromatic N) is 2. The van der Waals surface area contributed by atoms with Crippen LogP contribution in [0.2, 0.25) is 0 Å². The van der Waals surface area contributed by atoms with Crippen LogP contribution in [0.25, 0.3) is 11.0 Å². The predicted molar refractivity (Wildman–Crippen MR) is 108 cm³/mol. The van der Waals surface area contributed by atoms with Crippen molar-refractivity contribution in [3.63, 3.8) is 0 Å². The number of carbonyl (C=O) groups is 1. The molecule has 3 aromatic rings. The predicted octanol–water partition coefficient (Wildman–Crippen LogP) is 4.44. The van der Waals surface area contributed by atoms with Crippen LogP contribution in [0.5, 0.6) is 5.75 Å². The number of amides is 1. The molecule has 0 aliphatic heterocycles. The van der Waals surface area contributed by atoms with Gasteiger partial charge in [-0.15, -0.1) is 0 Å². The van der Waals surface area contributed by atoms with E-state index >= 15 is 0 Å². The number of imidazole rings is 1. The van der Waals surface area contributed by atoms with Crippen LogP contribution in [0.4, 0.5) is 0 Å². The minimum absolute atomic E-state index is 0.0670. The van der Waals surface area contributed by atoms with Gasteiger partial charge >= 0.3 is 0 Å². The highest BCUT2D eigenvalue weighted by molar-refractivity contribution is 5.77. The number of para-hydroxylation sites is 2. The van der Waals surface area contributed by atoms with Gasteiger partial charge in [0.15, 0.2) is 0 Å². The van der Waals surface area contributed by atoms with Gasteiger partial charge in [0.2, 0.25) is 5.91 Å². The number of fused-ring (bicyclic) bond motifs is 1. The van der Waals surface area contributed by atoms with Crippen molar-refractivity contribution < 1.29 is 9.53 Å². The highest BCUT2D eigenvalue weighted by Gasteiger charge is 2.17. The molecule has 142 valence electrons. The fraction of sp³-hybridized carbons (Fsp3) is 0.364. The first kappa shape index (κ1) is 19.0. The fourth-order valence-electron chi connectivity index (χ4n) is 3.23. The van der Waals surface area contributed by atoms with Gasteiger partial charge in [0.05, 0.1) is 23.6 Å². The van der Waals surface area contributed by atoms with Crippen molar-refractivity contribution in [3.8, 4) is 5.75 Å². The molecule has 0 fully saturated rings. The van der Waals surface area contributed by atoms with E-state index in [2.05, 4.69) is 35.9 Å². The molecule has 5 nitrogen and oxygen atoms in total. The van der Waals surface area contributed by atoms with Gasteiger partial charge in [0.1, 0.15) is 18.2 Å². The standard InChI is InChI=1S/C22H27N3O2/c1-15(2)18-9-11-19(12-10-18)27-14-13-25-21-8-6-5-7-20(21)24-22(25)16(3)23-17(4)26/h5-12,15-16H,13-14H2,1-4H3,(H,23,26). The van der Waals surface area contributed by atoms with Crippen molar-refractivity contribution >= 4 is 16.9 Å². The van der Waals surface area contributed by atoms with Crippen molar-refractivity contribution in [3.05, 3.63) is 59.9 Å². The summed E-state index contributed by atoms with van der Waals surface area (Å²) in [4.78, 5) is 16.2. The Morgan fingerprint density at radius 1 is 1.11 bits per heavy atom. The minimum Gasteiger partial charge on any atom is -0.492 e. The minimum atomic E-state index is -0.166. The monoisotopic (exact) mass is 365 g/mol. The van der Waals surface area contributed by atoms with Gasteiger partial charge in [-0.1, -0.05) is 38.1 Å². The molecule has 0 aliphatic carbocycles. The first-order chi connectivity index (χ1) is 13.0. The summed E-state index contributed by atoms with van der Waals surface area (Å²) in [6, 6.07) is 16.1. The maximum Gasteiger partial charge on any atom is 0.217 e. The smallest absolute Gasteiger partial charge is 0.217 e. The lowest BCUT2D eigenvalue weighted by atomic mass is 10.0. The normalized spacial score (nSPS) is 12.3. The van der Waals surface area contributed by atoms with Gasteiger partial charge < -0.3 is 14.6 Å². The van der Waals surface area contributed by atoms with Gasteiger partial charge in [-0.3, -0.25) is 4.79 Å². The molecule has 1 aromatic heterocycles. The summed E-state index contributed by atoms with van der Waals surface area (Å²) in [6.07, 6.45) is 0. The van der Waals surface area contributed by atoms with E-state index in [1.807, 2.05) is 43.3 Å². The summed E-state index contributed by atoms with van der Waals surface area (Å²) in [7, 11) is 0. The number of aromatic nitrogens is 2. The second-order valence-corrected chi connectivity index (χ2v) is 7.10. The van der Waals surface area contributed by atoms with Crippen LogP contribution in [0.15, 0.2) is 48.5 Å². The first-order valence-corrected chi connectivity index (χ1v) is 9.40. The molecule has 0 saturated carbocycles. The largest absolute Gasteiger partial charge is 0.492 e. The van der Waals surface area contributed by atoms with E-state index < -0.39 is 0 Å². The molecule has 0 aliphatic rings. The molecule has 0 bridgehead atoms. The second-order valence-electron chi connectivity index (χ2n) is 7.10. The Morgan fingerprint density at radius 3 is 2.48 bits per heavy atom. The number of carbonyl (C=O) groups excluding carboxylic acids is 1. The van der Waals surface area contributed by atoms with Gasteiger partial charge in [0, 0.05) is 6.92 Å². The molecule has 1 unspecified atom stereocenters. The highest BCUT2D eigenvalue weighted by Crippen LogP contribution is 2.22. The molecule has 1 atom stereocenters. The number of hydrogen-bond acceptors (Lipinski definition) is 3. The average Bonchev–Trinajstić information content (AvgIpc) is 3.01. The van der Waals surface area contributed by atoms with Crippen molar-refractivity contribution in [1.29, 1.82) is 0 Å². The molecule has 1 N–H and O–H groups in total. The maximum absolute atomic E-state index is 11.5. The van der Waals surface area contributed by atoms with Crippen LogP contribution >= 0.6 is 0 Å². The molecule has 0 saturated heterocycles. The lowest BCUT2D eigenvalue weighted by molar-refractivity contribution is -0.119. The number of benzene rings is 2. The molecular formula is C22H27N3O2. The van der Waals surface area contributed by atoms with Crippen LogP contribution in [-0.2, 0) is 11.3 Å². The van der Waals surface area contributed by atoms with E-state index in [0.717, 1.165) is 22.6 Å². The Labute approximate surface area is 160 Å². The van der Waals surface area contributed by atoms with Crippen molar-refractivity contribution in [2.75, 3.05) is 6.61 Å². The summed E-state index contributed by atoms with van der Waals surface area (Å²) < 4.78 is 8.07. The zero-order chi connectivity index (χ0) is 19.4. The molecule has 5 heteroatoms.